The second-order valence-electron chi connectivity index (χ2n) is 16.5. The molecule has 4 aliphatic heterocycles. The molecule has 42 heavy (non-hydrogen) atoms. The van der Waals surface area contributed by atoms with Gasteiger partial charge in [0.15, 0.2) is 0 Å². The number of hydrogen-bond donors (Lipinski definition) is 0. The van der Waals surface area contributed by atoms with Gasteiger partial charge in [-0.25, -0.2) is 0 Å². The monoisotopic (exact) mass is 654 g/mol. The molecule has 0 aromatic rings. The Morgan fingerprint density at radius 1 is 0.500 bits per heavy atom. The first-order valence-electron chi connectivity index (χ1n) is 17.5. The molecule has 4 saturated heterocycles. The molecule has 8 atom stereocenters. The summed E-state index contributed by atoms with van der Waals surface area (Å²) in [5, 5.41) is 0. The molecule has 11 heteroatoms. The van der Waals surface area contributed by atoms with E-state index in [2.05, 4.69) is 33.1 Å². The lowest BCUT2D eigenvalue weighted by Gasteiger charge is -2.51. The van der Waals surface area contributed by atoms with Crippen molar-refractivity contribution in [2.45, 2.75) is 121 Å². The molecule has 240 valence electrons. The zero-order valence-corrected chi connectivity index (χ0v) is 31.2. The van der Waals surface area contributed by atoms with E-state index in [-0.39, 0.29) is 0 Å². The van der Waals surface area contributed by atoms with Crippen LogP contribution in [-0.4, -0.2) is 73.9 Å². The van der Waals surface area contributed by atoms with Crippen LogP contribution in [0.4, 0.5) is 0 Å². The van der Waals surface area contributed by atoms with Gasteiger partial charge in [-0.05, 0) is 142 Å². The van der Waals surface area contributed by atoms with Crippen LogP contribution in [0.2, 0.25) is 50.4 Å². The molecule has 7 nitrogen and oxygen atoms in total. The molecule has 4 heterocycles. The summed E-state index contributed by atoms with van der Waals surface area (Å²) in [7, 11) is -10.2. The quantitative estimate of drug-likeness (QED) is 0.218. The van der Waals surface area contributed by atoms with Crippen LogP contribution in [0.25, 0.3) is 0 Å². The highest BCUT2D eigenvalue weighted by Gasteiger charge is 2.63. The topological polar surface area (TPSA) is 64.6 Å². The van der Waals surface area contributed by atoms with Crippen molar-refractivity contribution in [1.82, 2.24) is 0 Å². The van der Waals surface area contributed by atoms with Crippen molar-refractivity contribution in [3.63, 3.8) is 0 Å². The van der Waals surface area contributed by atoms with E-state index < -0.39 is 34.2 Å². The maximum absolute atomic E-state index is 7.56. The average Bonchev–Trinajstić information content (AvgIpc) is 3.84. The third kappa shape index (κ3) is 6.29. The Labute approximate surface area is 259 Å². The number of rotatable bonds is 11. The largest absolute Gasteiger partial charge is 0.416 e. The second kappa shape index (κ2) is 11.1. The van der Waals surface area contributed by atoms with Gasteiger partial charge in [-0.15, -0.1) is 0 Å². The molecular weight excluding hydrogens is 597 g/mol. The summed E-state index contributed by atoms with van der Waals surface area (Å²) >= 11 is 0. The Balaban J connectivity index is 1.12. The molecule has 3 saturated carbocycles. The highest BCUT2D eigenvalue weighted by Crippen LogP contribution is 2.63. The van der Waals surface area contributed by atoms with Crippen molar-refractivity contribution in [2.75, 3.05) is 39.6 Å². The van der Waals surface area contributed by atoms with Crippen LogP contribution in [-0.2, 0) is 30.7 Å². The van der Waals surface area contributed by atoms with Gasteiger partial charge in [0, 0.05) is 19.8 Å². The van der Waals surface area contributed by atoms with E-state index in [4.69, 9.17) is 30.7 Å². The third-order valence-corrected chi connectivity index (χ3v) is 31.4. The first kappa shape index (κ1) is 31.2. The molecule has 7 aliphatic rings. The Morgan fingerprint density at radius 3 is 1.10 bits per heavy atom. The minimum atomic E-state index is -2.60. The van der Waals surface area contributed by atoms with Crippen molar-refractivity contribution in [1.29, 1.82) is 0 Å². The fourth-order valence-corrected chi connectivity index (χ4v) is 33.7. The van der Waals surface area contributed by atoms with Gasteiger partial charge in [0.25, 0.3) is 0 Å². The molecule has 3 aliphatic carbocycles. The first-order chi connectivity index (χ1) is 19.9. The van der Waals surface area contributed by atoms with Gasteiger partial charge in [0.05, 0.1) is 19.8 Å². The molecular formula is C31H58O7Si4. The van der Waals surface area contributed by atoms with Crippen LogP contribution in [0.5, 0.6) is 0 Å². The fourth-order valence-electron chi connectivity index (χ4n) is 9.89. The van der Waals surface area contributed by atoms with Gasteiger partial charge in [-0.3, -0.25) is 0 Å². The minimum absolute atomic E-state index is 0.367. The molecule has 0 amide bonds. The number of hydrogen-bond acceptors (Lipinski definition) is 7. The van der Waals surface area contributed by atoms with E-state index in [0.29, 0.717) is 16.2 Å². The highest BCUT2D eigenvalue weighted by atomic mass is 28.5. The van der Waals surface area contributed by atoms with Crippen LogP contribution >= 0.6 is 0 Å². The Morgan fingerprint density at radius 2 is 0.810 bits per heavy atom. The summed E-state index contributed by atoms with van der Waals surface area (Å²) in [5.41, 5.74) is 1.11. The lowest BCUT2D eigenvalue weighted by atomic mass is 9.98. The summed E-state index contributed by atoms with van der Waals surface area (Å²) in [5.74, 6) is 2.53. The van der Waals surface area contributed by atoms with Crippen molar-refractivity contribution >= 4 is 34.2 Å². The van der Waals surface area contributed by atoms with E-state index in [0.717, 1.165) is 88.0 Å². The van der Waals surface area contributed by atoms with Gasteiger partial charge >= 0.3 is 34.2 Å². The molecule has 0 radical (unpaired) electrons. The SMILES string of the molecule is CCC[Si]1(C)O[Si](C)(CCC23COCCC2C3)O[Si](C)(CCC23COCCC2C3)O[Si](C)(CCC23COCCC2C3)O1. The predicted molar refractivity (Wildman–Crippen MR) is 172 cm³/mol. The van der Waals surface area contributed by atoms with Crippen LogP contribution < -0.4 is 0 Å². The molecule has 7 rings (SSSR count). The van der Waals surface area contributed by atoms with Gasteiger partial charge in [-0.1, -0.05) is 13.3 Å². The molecule has 0 N–H and O–H groups in total. The molecule has 0 aromatic carbocycles. The standard InChI is InChI=1S/C31H58O7Si4/c1-6-16-39(2)35-40(3,17-10-29-20-26(29)7-13-32-23-29)37-42(5,19-12-31-22-28(31)9-15-34-25-31)38-41(4,36-39)18-11-30-21-27(30)8-14-33-24-30/h26-28H,6-25H2,1-5H3. The van der Waals surface area contributed by atoms with E-state index in [1.807, 2.05) is 0 Å². The lowest BCUT2D eigenvalue weighted by Crippen LogP contribution is -2.67. The first-order valence-corrected chi connectivity index (χ1v) is 27.6. The van der Waals surface area contributed by atoms with E-state index in [1.165, 1.54) is 57.8 Å². The smallest absolute Gasteiger partial charge is 0.317 e. The zero-order valence-electron chi connectivity index (χ0n) is 27.2. The van der Waals surface area contributed by atoms with Crippen molar-refractivity contribution < 1.29 is 30.7 Å². The predicted octanol–water partition coefficient (Wildman–Crippen LogP) is 7.21. The normalized spacial score (nSPS) is 53.2. The zero-order chi connectivity index (χ0) is 29.3. The fraction of sp³-hybridized carbons (Fsp3) is 1.00. The van der Waals surface area contributed by atoms with Gasteiger partial charge < -0.3 is 30.7 Å². The van der Waals surface area contributed by atoms with Crippen molar-refractivity contribution in [2.24, 2.45) is 34.0 Å². The number of ether oxygens (including phenoxy) is 3. The summed E-state index contributed by atoms with van der Waals surface area (Å²) < 4.78 is 48.0. The van der Waals surface area contributed by atoms with Crippen molar-refractivity contribution in [3.8, 4) is 0 Å². The van der Waals surface area contributed by atoms with Gasteiger partial charge in [0.1, 0.15) is 0 Å². The van der Waals surface area contributed by atoms with E-state index in [1.54, 1.807) is 0 Å². The Kier molecular flexibility index (Phi) is 8.24. The highest BCUT2D eigenvalue weighted by molar-refractivity contribution is 6.93. The van der Waals surface area contributed by atoms with E-state index in [9.17, 15) is 0 Å². The lowest BCUT2D eigenvalue weighted by molar-refractivity contribution is 0.0432. The molecule has 8 unspecified atom stereocenters. The Bertz CT molecular complexity index is 970. The van der Waals surface area contributed by atoms with Crippen LogP contribution in [0.15, 0.2) is 0 Å². The summed E-state index contributed by atoms with van der Waals surface area (Å²) in [4.78, 5) is 0. The van der Waals surface area contributed by atoms with E-state index >= 15 is 0 Å². The molecule has 0 bridgehead atoms. The summed E-state index contributed by atoms with van der Waals surface area (Å²) in [6.45, 7) is 17.3. The summed E-state index contributed by atoms with van der Waals surface area (Å²) in [6, 6.07) is 4.11. The maximum Gasteiger partial charge on any atom is 0.317 e. The van der Waals surface area contributed by atoms with Gasteiger partial charge in [-0.2, -0.15) is 0 Å². The Hall–Kier alpha value is 0.588. The van der Waals surface area contributed by atoms with Crippen LogP contribution in [0.1, 0.15) is 71.1 Å². The second-order valence-corrected chi connectivity index (χ2v) is 30.8. The van der Waals surface area contributed by atoms with Crippen molar-refractivity contribution in [3.05, 3.63) is 0 Å². The molecule has 0 aromatic heterocycles. The maximum atomic E-state index is 7.56. The number of fused-ring (bicyclic) bond motifs is 3. The minimum Gasteiger partial charge on any atom is -0.416 e. The average molecular weight is 655 g/mol. The van der Waals surface area contributed by atoms with Crippen LogP contribution in [0, 0.1) is 34.0 Å². The molecule has 0 spiro atoms. The molecule has 7 fully saturated rings. The third-order valence-electron chi connectivity index (χ3n) is 12.7. The van der Waals surface area contributed by atoms with Crippen LogP contribution in [0.3, 0.4) is 0 Å². The van der Waals surface area contributed by atoms with Gasteiger partial charge in [0.2, 0.25) is 0 Å². The summed E-state index contributed by atoms with van der Waals surface area (Å²) in [6.07, 6.45) is 12.2.